The van der Waals surface area contributed by atoms with Crippen molar-refractivity contribution in [2.45, 2.75) is 296 Å². The molecule has 0 rings (SSSR count). The van der Waals surface area contributed by atoms with Crippen molar-refractivity contribution in [3.05, 3.63) is 0 Å². The maximum atomic E-state index is 6.53. The maximum Gasteiger partial charge on any atom is 0.161 e. The lowest BCUT2D eigenvalue weighted by Crippen LogP contribution is -2.32. The number of nitrogens with zero attached hydrogens (tertiary/aromatic N) is 1. The van der Waals surface area contributed by atoms with E-state index >= 15 is 0 Å². The van der Waals surface area contributed by atoms with Gasteiger partial charge in [0.1, 0.15) is 0 Å². The quantitative estimate of drug-likeness (QED) is 0.0341. The molecule has 0 spiro atoms. The van der Waals surface area contributed by atoms with Gasteiger partial charge in [0.15, 0.2) is 10.5 Å². The smallest absolute Gasteiger partial charge is 0.161 e. The lowest BCUT2D eigenvalue weighted by atomic mass is 10.0. The molecule has 0 N–H and O–H groups in total. The fourth-order valence-corrected chi connectivity index (χ4v) is 9.87. The highest BCUT2D eigenvalue weighted by Gasteiger charge is 2.18. The Morgan fingerprint density at radius 3 is 1.04 bits per heavy atom. The SMILES string of the molecule is CCCCCCCCCCCCCCCC(=S)OC(CCN(CCCCCCCCCCCCCC)C(C)=S)SC(=S)CCCCCCCCCCCCCCC. The van der Waals surface area contributed by atoms with Crippen LogP contribution in [0.4, 0.5) is 0 Å². The van der Waals surface area contributed by atoms with Gasteiger partial charge in [0.25, 0.3) is 0 Å². The Labute approximate surface area is 379 Å². The maximum absolute atomic E-state index is 6.53. The molecular formula is C51H99NOS4. The average Bonchev–Trinajstić information content (AvgIpc) is 3.19. The molecule has 6 heteroatoms. The Balaban J connectivity index is 4.54. The van der Waals surface area contributed by atoms with Gasteiger partial charge < -0.3 is 9.64 Å². The molecule has 1 atom stereocenters. The van der Waals surface area contributed by atoms with E-state index in [9.17, 15) is 0 Å². The summed E-state index contributed by atoms with van der Waals surface area (Å²) in [6, 6.07) is 0. The van der Waals surface area contributed by atoms with Crippen LogP contribution < -0.4 is 0 Å². The van der Waals surface area contributed by atoms with Crippen LogP contribution in [-0.2, 0) is 4.74 Å². The summed E-state index contributed by atoms with van der Waals surface area (Å²) < 4.78 is 7.63. The number of ether oxygens (including phenoxy) is 1. The number of hydrogen-bond acceptors (Lipinski definition) is 5. The lowest BCUT2D eigenvalue weighted by Gasteiger charge is -2.26. The van der Waals surface area contributed by atoms with Crippen molar-refractivity contribution in [3.63, 3.8) is 0 Å². The van der Waals surface area contributed by atoms with Crippen molar-refractivity contribution in [1.82, 2.24) is 4.90 Å². The minimum Gasteiger partial charge on any atom is -0.473 e. The first-order chi connectivity index (χ1) is 27.9. The zero-order valence-electron chi connectivity index (χ0n) is 39.0. The molecule has 0 amide bonds. The molecule has 1 unspecified atom stereocenters. The van der Waals surface area contributed by atoms with Gasteiger partial charge >= 0.3 is 0 Å². The number of unbranched alkanes of at least 4 members (excludes halogenated alkanes) is 35. The van der Waals surface area contributed by atoms with Gasteiger partial charge in [-0.25, -0.2) is 0 Å². The van der Waals surface area contributed by atoms with E-state index in [1.54, 1.807) is 11.8 Å². The summed E-state index contributed by atoms with van der Waals surface area (Å²) in [4.78, 5) is 3.42. The second-order valence-electron chi connectivity index (χ2n) is 17.6. The summed E-state index contributed by atoms with van der Waals surface area (Å²) in [5.74, 6) is 0. The van der Waals surface area contributed by atoms with Gasteiger partial charge in [-0.05, 0) is 44.8 Å². The first-order valence-electron chi connectivity index (χ1n) is 25.6. The Hall–Kier alpha value is 0.220. The van der Waals surface area contributed by atoms with Crippen molar-refractivity contribution < 1.29 is 4.74 Å². The van der Waals surface area contributed by atoms with Crippen molar-refractivity contribution in [2.24, 2.45) is 0 Å². The van der Waals surface area contributed by atoms with E-state index in [1.165, 1.54) is 238 Å². The van der Waals surface area contributed by atoms with Gasteiger partial charge in [0, 0.05) is 25.9 Å². The monoisotopic (exact) mass is 870 g/mol. The van der Waals surface area contributed by atoms with Gasteiger partial charge in [-0.3, -0.25) is 0 Å². The van der Waals surface area contributed by atoms with Crippen molar-refractivity contribution in [3.8, 4) is 0 Å². The summed E-state index contributed by atoms with van der Waals surface area (Å²) in [6.45, 7) is 11.0. The predicted molar refractivity (Wildman–Crippen MR) is 274 cm³/mol. The van der Waals surface area contributed by atoms with Crippen LogP contribution in [0.1, 0.15) is 291 Å². The zero-order valence-corrected chi connectivity index (χ0v) is 42.2. The third kappa shape index (κ3) is 44.1. The summed E-state index contributed by atoms with van der Waals surface area (Å²) >= 11 is 19.3. The number of thiocarbonyl (C=S) groups is 3. The lowest BCUT2D eigenvalue weighted by molar-refractivity contribution is 0.245. The third-order valence-electron chi connectivity index (χ3n) is 11.9. The normalized spacial score (nSPS) is 11.9. The molecule has 0 aliphatic rings. The highest BCUT2D eigenvalue weighted by Crippen LogP contribution is 2.25. The molecule has 338 valence electrons. The van der Waals surface area contributed by atoms with Gasteiger partial charge in [-0.2, -0.15) is 0 Å². The Kier molecular flexibility index (Phi) is 47.5. The van der Waals surface area contributed by atoms with E-state index in [1.807, 2.05) is 0 Å². The van der Waals surface area contributed by atoms with Gasteiger partial charge in [0.2, 0.25) is 0 Å². The van der Waals surface area contributed by atoms with E-state index in [0.29, 0.717) is 0 Å². The molecule has 0 aromatic heterocycles. The van der Waals surface area contributed by atoms with E-state index in [0.717, 1.165) is 53.0 Å². The van der Waals surface area contributed by atoms with E-state index < -0.39 is 0 Å². The van der Waals surface area contributed by atoms with E-state index in [-0.39, 0.29) is 5.44 Å². The van der Waals surface area contributed by atoms with Gasteiger partial charge in [-0.1, -0.05) is 282 Å². The van der Waals surface area contributed by atoms with Crippen LogP contribution in [0, 0.1) is 0 Å². The molecule has 0 saturated heterocycles. The Morgan fingerprint density at radius 2 is 0.702 bits per heavy atom. The largest absolute Gasteiger partial charge is 0.473 e. The molecule has 57 heavy (non-hydrogen) atoms. The molecule has 0 aromatic rings. The fourth-order valence-electron chi connectivity index (χ4n) is 7.96. The minimum absolute atomic E-state index is 0.00670. The predicted octanol–water partition coefficient (Wildman–Crippen LogP) is 19.4. The average molecular weight is 871 g/mol. The molecule has 0 aliphatic heterocycles. The standard InChI is InChI=1S/C51H99NOS4/c1-5-8-11-14-17-20-23-26-28-31-34-37-40-43-49(55)53-50(57-51(56)44-41-38-35-32-29-27-24-21-18-15-12-9-6-2)45-47-52(48(4)54)46-42-39-36-33-30-25-22-19-16-13-10-7-3/h50H,5-47H2,1-4H3. The molecule has 0 aromatic carbocycles. The van der Waals surface area contributed by atoms with E-state index in [4.69, 9.17) is 41.4 Å². The van der Waals surface area contributed by atoms with Crippen molar-refractivity contribution in [2.75, 3.05) is 13.1 Å². The molecule has 0 radical (unpaired) electrons. The van der Waals surface area contributed by atoms with Crippen LogP contribution in [0.3, 0.4) is 0 Å². The molecule has 0 heterocycles. The van der Waals surface area contributed by atoms with Gasteiger partial charge in [0.05, 0.1) is 9.19 Å². The number of rotatable bonds is 46. The van der Waals surface area contributed by atoms with E-state index in [2.05, 4.69) is 32.6 Å². The second-order valence-corrected chi connectivity index (χ2v) is 20.6. The van der Waals surface area contributed by atoms with Crippen LogP contribution in [0.2, 0.25) is 0 Å². The second kappa shape index (κ2) is 47.3. The zero-order chi connectivity index (χ0) is 41.7. The Bertz CT molecular complexity index is 822. The topological polar surface area (TPSA) is 12.5 Å². The fraction of sp³-hybridized carbons (Fsp3) is 0.941. The molecule has 0 bridgehead atoms. The molecule has 0 saturated carbocycles. The minimum atomic E-state index is -0.00670. The summed E-state index contributed by atoms with van der Waals surface area (Å²) in [7, 11) is 0. The highest BCUT2D eigenvalue weighted by atomic mass is 32.2. The number of thioether (sulfide) groups is 1. The molecule has 0 fully saturated rings. The first-order valence-corrected chi connectivity index (χ1v) is 27.7. The summed E-state index contributed by atoms with van der Waals surface area (Å²) in [5.41, 5.74) is -0.00670. The van der Waals surface area contributed by atoms with Crippen LogP contribution in [0.25, 0.3) is 0 Å². The molecular weight excluding hydrogens is 771 g/mol. The summed E-state index contributed by atoms with van der Waals surface area (Å²) in [5, 5.41) is 0.783. The van der Waals surface area contributed by atoms with Crippen LogP contribution >= 0.6 is 48.4 Å². The van der Waals surface area contributed by atoms with Crippen molar-refractivity contribution >= 4 is 62.7 Å². The Morgan fingerprint density at radius 1 is 0.404 bits per heavy atom. The van der Waals surface area contributed by atoms with Crippen molar-refractivity contribution in [1.29, 1.82) is 0 Å². The molecule has 2 nitrogen and oxygen atoms in total. The molecule has 0 aliphatic carbocycles. The summed E-state index contributed by atoms with van der Waals surface area (Å²) in [6.07, 6.45) is 55.1. The van der Waals surface area contributed by atoms with Crippen LogP contribution in [-0.4, -0.2) is 37.7 Å². The third-order valence-corrected chi connectivity index (χ3v) is 14.0. The van der Waals surface area contributed by atoms with Crippen LogP contribution in [0.5, 0.6) is 0 Å². The first kappa shape index (κ1) is 57.2. The highest BCUT2D eigenvalue weighted by molar-refractivity contribution is 8.23. The number of hydrogen-bond donors (Lipinski definition) is 0. The van der Waals surface area contributed by atoms with Gasteiger partial charge in [-0.15, -0.1) is 0 Å². The van der Waals surface area contributed by atoms with Crippen LogP contribution in [0.15, 0.2) is 0 Å².